The summed E-state index contributed by atoms with van der Waals surface area (Å²) in [5, 5.41) is 0. The van der Waals surface area contributed by atoms with E-state index in [1.807, 2.05) is 18.2 Å². The smallest absolute Gasteiger partial charge is 0.244 e. The average molecular weight is 366 g/mol. The van der Waals surface area contributed by atoms with Crippen LogP contribution in [0.2, 0.25) is 0 Å². The predicted molar refractivity (Wildman–Crippen MR) is 105 cm³/mol. The summed E-state index contributed by atoms with van der Waals surface area (Å²) in [5.74, 6) is 0.271. The second kappa shape index (κ2) is 8.52. The van der Waals surface area contributed by atoms with Gasteiger partial charge >= 0.3 is 0 Å². The topological polar surface area (TPSA) is 49.6 Å². The minimum atomic E-state index is -0.170. The molecule has 0 radical (unpaired) electrons. The molecule has 0 spiro atoms. The molecule has 2 fully saturated rings. The zero-order valence-electron chi connectivity index (χ0n) is 15.5. The van der Waals surface area contributed by atoms with Gasteiger partial charge in [-0.3, -0.25) is 9.69 Å². The quantitative estimate of drug-likeness (QED) is 0.894. The molecule has 2 aliphatic heterocycles. The van der Waals surface area contributed by atoms with Gasteiger partial charge in [-0.1, -0.05) is 44.2 Å². The maximum Gasteiger partial charge on any atom is 0.244 e. The molecule has 2 aliphatic rings. The Kier molecular flexibility index (Phi) is 6.89. The Bertz CT molecular complexity index is 557. The van der Waals surface area contributed by atoms with Crippen LogP contribution in [0, 0.1) is 5.41 Å². The Morgan fingerprint density at radius 3 is 2.36 bits per heavy atom. The lowest BCUT2D eigenvalue weighted by Crippen LogP contribution is -2.55. The van der Waals surface area contributed by atoms with Gasteiger partial charge in [0.1, 0.15) is 6.04 Å². The number of nitrogens with two attached hydrogens (primary N) is 1. The number of hydrogen-bond donors (Lipinski definition) is 1. The van der Waals surface area contributed by atoms with Crippen molar-refractivity contribution in [1.82, 2.24) is 9.80 Å². The number of likely N-dealkylation sites (tertiary alicyclic amines) is 2. The number of nitrogens with zero attached hydrogens (tertiary/aromatic N) is 2. The van der Waals surface area contributed by atoms with Gasteiger partial charge in [0.25, 0.3) is 0 Å². The second-order valence-corrected chi connectivity index (χ2v) is 8.05. The van der Waals surface area contributed by atoms with Gasteiger partial charge in [-0.25, -0.2) is 0 Å². The molecule has 1 aromatic carbocycles. The molecule has 2 heterocycles. The fourth-order valence-corrected chi connectivity index (χ4v) is 4.07. The standard InChI is InChI=1S/C20H31N3O.ClH/c1-20(2)15-23(14-11-17(20)21)18(16-9-5-3-6-10-16)19(24)22-12-7-4-8-13-22;/h3,5-6,9-10,17-18H,4,7-8,11-15,21H2,1-2H3;1H. The third-order valence-corrected chi connectivity index (χ3v) is 5.72. The largest absolute Gasteiger partial charge is 0.341 e. The maximum atomic E-state index is 13.3. The highest BCUT2D eigenvalue weighted by Gasteiger charge is 2.40. The number of halogens is 1. The summed E-state index contributed by atoms with van der Waals surface area (Å²) in [4.78, 5) is 17.8. The van der Waals surface area contributed by atoms with E-state index in [0.717, 1.165) is 51.0 Å². The van der Waals surface area contributed by atoms with E-state index in [-0.39, 0.29) is 35.8 Å². The molecule has 3 rings (SSSR count). The molecule has 0 bridgehead atoms. The van der Waals surface area contributed by atoms with Gasteiger partial charge in [-0.15, -0.1) is 12.4 Å². The fourth-order valence-electron chi connectivity index (χ4n) is 4.07. The molecule has 2 unspecified atom stereocenters. The monoisotopic (exact) mass is 365 g/mol. The van der Waals surface area contributed by atoms with Crippen molar-refractivity contribution < 1.29 is 4.79 Å². The van der Waals surface area contributed by atoms with Gasteiger partial charge in [0.2, 0.25) is 5.91 Å². The first-order valence-corrected chi connectivity index (χ1v) is 9.32. The highest BCUT2D eigenvalue weighted by Crippen LogP contribution is 2.34. The second-order valence-electron chi connectivity index (χ2n) is 8.05. The van der Waals surface area contributed by atoms with E-state index in [4.69, 9.17) is 5.73 Å². The lowest BCUT2D eigenvalue weighted by atomic mass is 9.79. The van der Waals surface area contributed by atoms with Crippen LogP contribution in [0.3, 0.4) is 0 Å². The van der Waals surface area contributed by atoms with Crippen molar-refractivity contribution in [3.63, 3.8) is 0 Å². The van der Waals surface area contributed by atoms with Crippen LogP contribution in [0.5, 0.6) is 0 Å². The molecule has 0 aromatic heterocycles. The van der Waals surface area contributed by atoms with Crippen LogP contribution >= 0.6 is 12.4 Å². The first-order valence-electron chi connectivity index (χ1n) is 9.32. The van der Waals surface area contributed by atoms with Crippen molar-refractivity contribution in [3.8, 4) is 0 Å². The summed E-state index contributed by atoms with van der Waals surface area (Å²) in [6.07, 6.45) is 4.45. The number of rotatable bonds is 3. The molecular formula is C20H32ClN3O. The minimum Gasteiger partial charge on any atom is -0.341 e. The van der Waals surface area contributed by atoms with Gasteiger partial charge in [-0.2, -0.15) is 0 Å². The van der Waals surface area contributed by atoms with Gasteiger partial charge in [-0.05, 0) is 36.7 Å². The Morgan fingerprint density at radius 2 is 1.76 bits per heavy atom. The Hall–Kier alpha value is -1.10. The summed E-state index contributed by atoms with van der Waals surface area (Å²) < 4.78 is 0. The summed E-state index contributed by atoms with van der Waals surface area (Å²) in [6, 6.07) is 10.3. The van der Waals surface area contributed by atoms with Crippen LogP contribution in [-0.2, 0) is 4.79 Å². The van der Waals surface area contributed by atoms with Crippen LogP contribution in [0.1, 0.15) is 51.1 Å². The summed E-state index contributed by atoms with van der Waals surface area (Å²) >= 11 is 0. The van der Waals surface area contributed by atoms with E-state index >= 15 is 0 Å². The molecule has 4 nitrogen and oxygen atoms in total. The maximum absolute atomic E-state index is 13.3. The minimum absolute atomic E-state index is 0. The Labute approximate surface area is 158 Å². The molecule has 2 N–H and O–H groups in total. The summed E-state index contributed by atoms with van der Waals surface area (Å²) in [6.45, 7) is 8.00. The predicted octanol–water partition coefficient (Wildman–Crippen LogP) is 3.22. The number of carbonyl (C=O) groups excluding carboxylic acids is 1. The van der Waals surface area contributed by atoms with E-state index in [9.17, 15) is 4.79 Å². The molecule has 5 heteroatoms. The highest BCUT2D eigenvalue weighted by molar-refractivity contribution is 5.85. The zero-order valence-corrected chi connectivity index (χ0v) is 16.3. The SMILES string of the molecule is CC1(C)CN(C(C(=O)N2CCCCC2)c2ccccc2)CCC1N.Cl. The van der Waals surface area contributed by atoms with E-state index in [1.165, 1.54) is 6.42 Å². The Balaban J connectivity index is 0.00000225. The first-order chi connectivity index (χ1) is 11.5. The third-order valence-electron chi connectivity index (χ3n) is 5.72. The van der Waals surface area contributed by atoms with Gasteiger partial charge in [0.15, 0.2) is 0 Å². The summed E-state index contributed by atoms with van der Waals surface area (Å²) in [5.41, 5.74) is 7.46. The van der Waals surface area contributed by atoms with E-state index in [1.54, 1.807) is 0 Å². The molecule has 140 valence electrons. The first kappa shape index (κ1) is 20.2. The number of piperidine rings is 2. The molecule has 0 aliphatic carbocycles. The average Bonchev–Trinajstić information content (AvgIpc) is 2.60. The lowest BCUT2D eigenvalue weighted by Gasteiger charge is -2.46. The normalized spacial score (nSPS) is 25.1. The lowest BCUT2D eigenvalue weighted by molar-refractivity contribution is -0.139. The van der Waals surface area contributed by atoms with Crippen molar-refractivity contribution >= 4 is 18.3 Å². The molecule has 25 heavy (non-hydrogen) atoms. The number of benzene rings is 1. The van der Waals surface area contributed by atoms with Crippen molar-refractivity contribution in [3.05, 3.63) is 35.9 Å². The van der Waals surface area contributed by atoms with Crippen molar-refractivity contribution in [1.29, 1.82) is 0 Å². The Morgan fingerprint density at radius 1 is 1.12 bits per heavy atom. The van der Waals surface area contributed by atoms with E-state index in [2.05, 4.69) is 35.8 Å². The van der Waals surface area contributed by atoms with Crippen molar-refractivity contribution in [2.24, 2.45) is 11.1 Å². The van der Waals surface area contributed by atoms with Gasteiger partial charge in [0, 0.05) is 32.2 Å². The van der Waals surface area contributed by atoms with Crippen LogP contribution in [0.15, 0.2) is 30.3 Å². The van der Waals surface area contributed by atoms with Crippen LogP contribution < -0.4 is 5.73 Å². The molecule has 1 aromatic rings. The van der Waals surface area contributed by atoms with E-state index < -0.39 is 0 Å². The van der Waals surface area contributed by atoms with Gasteiger partial charge < -0.3 is 10.6 Å². The third kappa shape index (κ3) is 4.55. The number of hydrogen-bond acceptors (Lipinski definition) is 3. The van der Waals surface area contributed by atoms with Crippen LogP contribution in [0.4, 0.5) is 0 Å². The van der Waals surface area contributed by atoms with Crippen molar-refractivity contribution in [2.45, 2.75) is 51.6 Å². The number of carbonyl (C=O) groups is 1. The molecule has 2 saturated heterocycles. The fraction of sp³-hybridized carbons (Fsp3) is 0.650. The van der Waals surface area contributed by atoms with E-state index in [0.29, 0.717) is 0 Å². The molecule has 1 amide bonds. The van der Waals surface area contributed by atoms with Crippen LogP contribution in [-0.4, -0.2) is 47.9 Å². The van der Waals surface area contributed by atoms with Crippen molar-refractivity contribution in [2.75, 3.05) is 26.2 Å². The van der Waals surface area contributed by atoms with Crippen LogP contribution in [0.25, 0.3) is 0 Å². The molecule has 2 atom stereocenters. The summed E-state index contributed by atoms with van der Waals surface area (Å²) in [7, 11) is 0. The number of amides is 1. The molecule has 0 saturated carbocycles. The molecular weight excluding hydrogens is 334 g/mol. The van der Waals surface area contributed by atoms with Gasteiger partial charge in [0.05, 0.1) is 0 Å². The zero-order chi connectivity index (χ0) is 17.2. The highest BCUT2D eigenvalue weighted by atomic mass is 35.5.